The van der Waals surface area contributed by atoms with Gasteiger partial charge >= 0.3 is 6.09 Å². The van der Waals surface area contributed by atoms with Gasteiger partial charge in [0.15, 0.2) is 0 Å². The molecule has 0 saturated heterocycles. The Balaban J connectivity index is 1.15. The van der Waals surface area contributed by atoms with Gasteiger partial charge in [0.2, 0.25) is 5.91 Å². The summed E-state index contributed by atoms with van der Waals surface area (Å²) in [6.07, 6.45) is 9.96. The summed E-state index contributed by atoms with van der Waals surface area (Å²) in [5.74, 6) is 1.92. The highest BCUT2D eigenvalue weighted by molar-refractivity contribution is 5.91. The number of amides is 2. The highest BCUT2D eigenvalue weighted by atomic mass is 16.6. The molecule has 5 rings (SSSR count). The molecule has 4 aliphatic carbocycles. The van der Waals surface area contributed by atoms with E-state index in [-0.39, 0.29) is 35.9 Å². The molecule has 7 heteroatoms. The minimum absolute atomic E-state index is 0.0726. The fourth-order valence-corrected chi connectivity index (χ4v) is 8.83. The summed E-state index contributed by atoms with van der Waals surface area (Å²) in [5, 5.41) is 13.8. The van der Waals surface area contributed by atoms with Crippen LogP contribution in [0.2, 0.25) is 0 Å². The number of benzene rings is 1. The van der Waals surface area contributed by atoms with Gasteiger partial charge in [0.25, 0.3) is 0 Å². The highest BCUT2D eigenvalue weighted by Gasteiger charge is 2.61. The zero-order valence-electron chi connectivity index (χ0n) is 23.2. The van der Waals surface area contributed by atoms with Crippen molar-refractivity contribution >= 4 is 17.7 Å². The van der Waals surface area contributed by atoms with Crippen LogP contribution < -0.4 is 0 Å². The standard InChI is InChI=1S/C31H44N2O5/c1-30-16-8-7-11-25(30)26(32-36)19-22-23-12-13-27(31(23,2)17-14-24(22)30)37-18-15-28(34)33(3)29(35)38-20-21-9-5-4-6-10-21/h4-6,9-10,22-25,27,36H,7-8,11-20H2,1-3H3/b32-26+/t22-,23-,24-,25?,27?,30+,31-/m0/s1. The normalized spacial score (nSPS) is 37.1. The summed E-state index contributed by atoms with van der Waals surface area (Å²) in [5.41, 5.74) is 2.24. The van der Waals surface area contributed by atoms with Gasteiger partial charge < -0.3 is 14.7 Å². The smallest absolute Gasteiger partial charge is 0.416 e. The Morgan fingerprint density at radius 1 is 1.03 bits per heavy atom. The molecule has 7 atom stereocenters. The van der Waals surface area contributed by atoms with Gasteiger partial charge in [0.05, 0.1) is 24.8 Å². The maximum Gasteiger partial charge on any atom is 0.416 e. The van der Waals surface area contributed by atoms with Crippen molar-refractivity contribution < 1.29 is 24.3 Å². The van der Waals surface area contributed by atoms with Gasteiger partial charge in [-0.2, -0.15) is 0 Å². The Kier molecular flexibility index (Phi) is 7.86. The van der Waals surface area contributed by atoms with E-state index >= 15 is 0 Å². The van der Waals surface area contributed by atoms with E-state index in [9.17, 15) is 14.8 Å². The Morgan fingerprint density at radius 3 is 2.55 bits per heavy atom. The van der Waals surface area contributed by atoms with Crippen LogP contribution in [0, 0.1) is 34.5 Å². The van der Waals surface area contributed by atoms with Crippen molar-refractivity contribution in [2.24, 2.45) is 39.7 Å². The average Bonchev–Trinajstić information content (AvgIpc) is 3.27. The zero-order chi connectivity index (χ0) is 26.9. The van der Waals surface area contributed by atoms with Crippen LogP contribution in [0.15, 0.2) is 35.5 Å². The van der Waals surface area contributed by atoms with Crippen molar-refractivity contribution in [2.45, 2.75) is 90.8 Å². The molecule has 38 heavy (non-hydrogen) atoms. The van der Waals surface area contributed by atoms with Gasteiger partial charge in [0, 0.05) is 13.0 Å². The van der Waals surface area contributed by atoms with Gasteiger partial charge in [-0.1, -0.05) is 62.2 Å². The van der Waals surface area contributed by atoms with E-state index in [1.807, 2.05) is 30.3 Å². The molecule has 0 aliphatic heterocycles. The van der Waals surface area contributed by atoms with Gasteiger partial charge in [-0.15, -0.1) is 0 Å². The number of imide groups is 1. The molecule has 208 valence electrons. The molecule has 0 bridgehead atoms. The number of carbonyl (C=O) groups is 2. The van der Waals surface area contributed by atoms with E-state index in [0.29, 0.717) is 30.3 Å². The second-order valence-corrected chi connectivity index (χ2v) is 12.7. The second-order valence-electron chi connectivity index (χ2n) is 12.7. The van der Waals surface area contributed by atoms with Crippen molar-refractivity contribution in [3.8, 4) is 0 Å². The number of oxime groups is 1. The lowest BCUT2D eigenvalue weighted by molar-refractivity contribution is -0.133. The Morgan fingerprint density at radius 2 is 1.79 bits per heavy atom. The molecule has 4 aliphatic rings. The van der Waals surface area contributed by atoms with Crippen LogP contribution in [0.3, 0.4) is 0 Å². The van der Waals surface area contributed by atoms with E-state index in [1.165, 1.54) is 32.7 Å². The molecule has 0 radical (unpaired) electrons. The molecule has 4 saturated carbocycles. The molecule has 2 amide bonds. The second kappa shape index (κ2) is 11.0. The number of ether oxygens (including phenoxy) is 2. The third-order valence-corrected chi connectivity index (χ3v) is 10.9. The number of rotatable bonds is 6. The van der Waals surface area contributed by atoms with Crippen LogP contribution in [-0.4, -0.2) is 47.6 Å². The number of hydrogen-bond donors (Lipinski definition) is 1. The van der Waals surface area contributed by atoms with E-state index in [1.54, 1.807) is 0 Å². The summed E-state index contributed by atoms with van der Waals surface area (Å²) in [6.45, 7) is 5.29. The lowest BCUT2D eigenvalue weighted by Crippen LogP contribution is -2.56. The lowest BCUT2D eigenvalue weighted by atomic mass is 9.45. The number of hydrogen-bond acceptors (Lipinski definition) is 6. The molecule has 1 aromatic carbocycles. The number of nitrogens with zero attached hydrogens (tertiary/aromatic N) is 2. The molecular weight excluding hydrogens is 480 g/mol. The molecule has 1 aromatic rings. The monoisotopic (exact) mass is 524 g/mol. The summed E-state index contributed by atoms with van der Waals surface area (Å²) >= 11 is 0. The molecule has 7 nitrogen and oxygen atoms in total. The zero-order valence-corrected chi connectivity index (χ0v) is 23.2. The molecule has 0 aromatic heterocycles. The van der Waals surface area contributed by atoms with Crippen LogP contribution >= 0.6 is 0 Å². The third-order valence-electron chi connectivity index (χ3n) is 10.9. The van der Waals surface area contributed by atoms with Crippen molar-refractivity contribution in [2.75, 3.05) is 13.7 Å². The Labute approximate surface area is 226 Å². The average molecular weight is 525 g/mol. The molecule has 2 unspecified atom stereocenters. The lowest BCUT2D eigenvalue weighted by Gasteiger charge is -2.60. The number of fused-ring (bicyclic) bond motifs is 5. The van der Waals surface area contributed by atoms with Crippen molar-refractivity contribution in [1.29, 1.82) is 0 Å². The van der Waals surface area contributed by atoms with E-state index < -0.39 is 6.09 Å². The Bertz CT molecular complexity index is 1040. The molecule has 4 fully saturated rings. The van der Waals surface area contributed by atoms with Crippen LogP contribution in [0.5, 0.6) is 0 Å². The van der Waals surface area contributed by atoms with E-state index in [0.717, 1.165) is 48.3 Å². The van der Waals surface area contributed by atoms with Gasteiger partial charge in [0.1, 0.15) is 6.61 Å². The third kappa shape index (κ3) is 4.87. The number of carbonyl (C=O) groups excluding carboxylic acids is 2. The topological polar surface area (TPSA) is 88.4 Å². The van der Waals surface area contributed by atoms with Gasteiger partial charge in [-0.25, -0.2) is 4.79 Å². The predicted molar refractivity (Wildman–Crippen MR) is 145 cm³/mol. The van der Waals surface area contributed by atoms with Crippen molar-refractivity contribution in [3.63, 3.8) is 0 Å². The van der Waals surface area contributed by atoms with E-state index in [2.05, 4.69) is 19.0 Å². The first-order valence-electron chi connectivity index (χ1n) is 14.6. The fraction of sp³-hybridized carbons (Fsp3) is 0.710. The fourth-order valence-electron chi connectivity index (χ4n) is 8.83. The molecule has 0 spiro atoms. The van der Waals surface area contributed by atoms with Gasteiger partial charge in [-0.05, 0) is 79.1 Å². The summed E-state index contributed by atoms with van der Waals surface area (Å²) in [7, 11) is 1.46. The molecule has 1 N–H and O–H groups in total. The molecule has 0 heterocycles. The van der Waals surface area contributed by atoms with Crippen LogP contribution in [0.4, 0.5) is 4.79 Å². The molecular formula is C31H44N2O5. The minimum atomic E-state index is -0.641. The first-order valence-corrected chi connectivity index (χ1v) is 14.6. The minimum Gasteiger partial charge on any atom is -0.444 e. The summed E-state index contributed by atoms with van der Waals surface area (Å²) < 4.78 is 11.7. The summed E-state index contributed by atoms with van der Waals surface area (Å²) in [6, 6.07) is 9.43. The van der Waals surface area contributed by atoms with Crippen molar-refractivity contribution in [1.82, 2.24) is 4.90 Å². The Hall–Kier alpha value is -2.41. The first-order chi connectivity index (χ1) is 18.3. The van der Waals surface area contributed by atoms with Crippen LogP contribution in [-0.2, 0) is 20.9 Å². The SMILES string of the molecule is CN(C(=O)CCOC1CC[C@H]2[C@@H]3C/C(=N\O)C4CCCC[C@]4(C)[C@H]3CC[C@]12C)C(=O)OCc1ccccc1. The summed E-state index contributed by atoms with van der Waals surface area (Å²) in [4.78, 5) is 26.1. The highest BCUT2D eigenvalue weighted by Crippen LogP contribution is 2.66. The maximum atomic E-state index is 12.7. The quantitative estimate of drug-likeness (QED) is 0.342. The van der Waals surface area contributed by atoms with Crippen LogP contribution in [0.25, 0.3) is 0 Å². The van der Waals surface area contributed by atoms with Crippen LogP contribution in [0.1, 0.15) is 83.6 Å². The predicted octanol–water partition coefficient (Wildman–Crippen LogP) is 6.43. The van der Waals surface area contributed by atoms with Gasteiger partial charge in [-0.3, -0.25) is 9.69 Å². The van der Waals surface area contributed by atoms with Crippen molar-refractivity contribution in [3.05, 3.63) is 35.9 Å². The first kappa shape index (κ1) is 27.2. The largest absolute Gasteiger partial charge is 0.444 e. The van der Waals surface area contributed by atoms with E-state index in [4.69, 9.17) is 9.47 Å². The maximum absolute atomic E-state index is 12.7.